The second-order valence-corrected chi connectivity index (χ2v) is 8.30. The minimum absolute atomic E-state index is 0.0422. The van der Waals surface area contributed by atoms with Crippen LogP contribution in [0.25, 0.3) is 0 Å². The Morgan fingerprint density at radius 2 is 1.67 bits per heavy atom. The van der Waals surface area contributed by atoms with Crippen molar-refractivity contribution in [2.75, 3.05) is 13.1 Å². The van der Waals surface area contributed by atoms with Crippen molar-refractivity contribution in [2.24, 2.45) is 0 Å². The van der Waals surface area contributed by atoms with Crippen molar-refractivity contribution in [2.45, 2.75) is 57.1 Å². The van der Waals surface area contributed by atoms with Crippen LogP contribution in [0.4, 0.5) is 0 Å². The van der Waals surface area contributed by atoms with E-state index in [0.717, 1.165) is 19.3 Å². The number of piperidine rings is 1. The molecule has 6 nitrogen and oxygen atoms in total. The first-order valence-corrected chi connectivity index (χ1v) is 9.82. The van der Waals surface area contributed by atoms with Gasteiger partial charge in [-0.2, -0.15) is 4.31 Å². The first-order valence-electron chi connectivity index (χ1n) is 8.38. The molecule has 134 valence electrons. The summed E-state index contributed by atoms with van der Waals surface area (Å²) in [5.41, 5.74) is 0. The number of rotatable bonds is 6. The fraction of sp³-hybridized carbons (Fsp3) is 0.588. The summed E-state index contributed by atoms with van der Waals surface area (Å²) in [6.45, 7) is 6.58. The number of nitrogens with one attached hydrogen (secondary N) is 1. The highest BCUT2D eigenvalue weighted by atomic mass is 32.2. The molecule has 1 aromatic carbocycles. The van der Waals surface area contributed by atoms with Gasteiger partial charge in [0.15, 0.2) is 6.10 Å². The summed E-state index contributed by atoms with van der Waals surface area (Å²) >= 11 is 0. The van der Waals surface area contributed by atoms with Crippen molar-refractivity contribution in [1.82, 2.24) is 9.62 Å². The highest BCUT2D eigenvalue weighted by molar-refractivity contribution is 7.89. The number of hydrogen-bond acceptors (Lipinski definition) is 4. The van der Waals surface area contributed by atoms with Gasteiger partial charge in [-0.25, -0.2) is 8.42 Å². The number of sulfonamides is 1. The maximum atomic E-state index is 12.6. The fourth-order valence-corrected chi connectivity index (χ4v) is 4.12. The van der Waals surface area contributed by atoms with Crippen molar-refractivity contribution < 1.29 is 17.9 Å². The average Bonchev–Trinajstić information content (AvgIpc) is 2.55. The van der Waals surface area contributed by atoms with Gasteiger partial charge in [-0.05, 0) is 57.9 Å². The van der Waals surface area contributed by atoms with E-state index in [1.165, 1.54) is 16.4 Å². The molecule has 0 aliphatic carbocycles. The van der Waals surface area contributed by atoms with E-state index in [2.05, 4.69) is 5.32 Å². The summed E-state index contributed by atoms with van der Waals surface area (Å²) in [5, 5.41) is 2.77. The molecule has 0 spiro atoms. The van der Waals surface area contributed by atoms with Crippen molar-refractivity contribution in [3.8, 4) is 5.75 Å². The molecule has 7 heteroatoms. The lowest BCUT2D eigenvalue weighted by molar-refractivity contribution is -0.127. The largest absolute Gasteiger partial charge is 0.481 e. The molecule has 1 aliphatic rings. The molecule has 1 saturated heterocycles. The summed E-state index contributed by atoms with van der Waals surface area (Å²) in [5.74, 6) is 0.272. The first-order chi connectivity index (χ1) is 11.3. The van der Waals surface area contributed by atoms with Crippen molar-refractivity contribution in [3.63, 3.8) is 0 Å². The normalized spacial score (nSPS) is 17.5. The second-order valence-electron chi connectivity index (χ2n) is 6.36. The molecule has 0 unspecified atom stereocenters. The minimum Gasteiger partial charge on any atom is -0.481 e. The Balaban J connectivity index is 2.03. The third-order valence-corrected chi connectivity index (χ3v) is 5.80. The van der Waals surface area contributed by atoms with E-state index in [-0.39, 0.29) is 16.8 Å². The topological polar surface area (TPSA) is 75.7 Å². The Bertz CT molecular complexity index is 650. The van der Waals surface area contributed by atoms with Crippen molar-refractivity contribution in [3.05, 3.63) is 24.3 Å². The summed E-state index contributed by atoms with van der Waals surface area (Å²) < 4.78 is 32.2. The lowest BCUT2D eigenvalue weighted by atomic mass is 10.2. The molecule has 0 bridgehead atoms. The number of nitrogens with zero attached hydrogens (tertiary/aromatic N) is 1. The SMILES string of the molecule is CC(C)NC(=O)[C@@H](C)Oc1ccc(S(=O)(=O)N2CCCCC2)cc1. The van der Waals surface area contributed by atoms with E-state index in [9.17, 15) is 13.2 Å². The average molecular weight is 354 g/mol. The molecule has 1 aromatic rings. The van der Waals surface area contributed by atoms with Crippen LogP contribution >= 0.6 is 0 Å². The second kappa shape index (κ2) is 7.98. The lowest BCUT2D eigenvalue weighted by Crippen LogP contribution is -2.40. The Morgan fingerprint density at radius 3 is 2.21 bits per heavy atom. The van der Waals surface area contributed by atoms with Crippen LogP contribution in [-0.4, -0.2) is 43.9 Å². The van der Waals surface area contributed by atoms with E-state index < -0.39 is 16.1 Å². The van der Waals surface area contributed by atoms with Crippen LogP contribution in [0.15, 0.2) is 29.2 Å². The zero-order valence-electron chi connectivity index (χ0n) is 14.5. The van der Waals surface area contributed by atoms with Gasteiger partial charge in [-0.1, -0.05) is 6.42 Å². The highest BCUT2D eigenvalue weighted by Gasteiger charge is 2.26. The van der Waals surface area contributed by atoms with Crippen LogP contribution in [-0.2, 0) is 14.8 Å². The molecule has 1 fully saturated rings. The molecule has 2 rings (SSSR count). The summed E-state index contributed by atoms with van der Waals surface area (Å²) in [4.78, 5) is 12.1. The minimum atomic E-state index is -3.44. The van der Waals surface area contributed by atoms with Gasteiger partial charge in [0.05, 0.1) is 4.90 Å². The fourth-order valence-electron chi connectivity index (χ4n) is 2.60. The zero-order chi connectivity index (χ0) is 17.7. The Morgan fingerprint density at radius 1 is 1.08 bits per heavy atom. The molecule has 0 radical (unpaired) electrons. The lowest BCUT2D eigenvalue weighted by Gasteiger charge is -2.26. The molecule has 1 amide bonds. The van der Waals surface area contributed by atoms with E-state index in [1.54, 1.807) is 19.1 Å². The number of hydrogen-bond donors (Lipinski definition) is 1. The highest BCUT2D eigenvalue weighted by Crippen LogP contribution is 2.23. The molecule has 0 saturated carbocycles. The summed E-state index contributed by atoms with van der Waals surface area (Å²) in [7, 11) is -3.44. The zero-order valence-corrected chi connectivity index (χ0v) is 15.3. The van der Waals surface area contributed by atoms with Gasteiger partial charge >= 0.3 is 0 Å². The number of ether oxygens (including phenoxy) is 1. The van der Waals surface area contributed by atoms with E-state index in [0.29, 0.717) is 18.8 Å². The maximum absolute atomic E-state index is 12.6. The maximum Gasteiger partial charge on any atom is 0.260 e. The van der Waals surface area contributed by atoms with Crippen LogP contribution in [0.1, 0.15) is 40.0 Å². The summed E-state index contributed by atoms with van der Waals surface area (Å²) in [6, 6.07) is 6.30. The quantitative estimate of drug-likeness (QED) is 0.849. The molecule has 1 heterocycles. The predicted molar refractivity (Wildman–Crippen MR) is 92.4 cm³/mol. The van der Waals surface area contributed by atoms with Gasteiger partial charge in [-0.3, -0.25) is 4.79 Å². The Hall–Kier alpha value is -1.60. The molecule has 24 heavy (non-hydrogen) atoms. The van der Waals surface area contributed by atoms with Crippen LogP contribution in [0.2, 0.25) is 0 Å². The number of carbonyl (C=O) groups is 1. The van der Waals surface area contributed by atoms with Gasteiger partial charge in [0.25, 0.3) is 5.91 Å². The smallest absolute Gasteiger partial charge is 0.260 e. The van der Waals surface area contributed by atoms with Crippen LogP contribution in [0.5, 0.6) is 5.75 Å². The monoisotopic (exact) mass is 354 g/mol. The third-order valence-electron chi connectivity index (χ3n) is 3.89. The Labute approximate surface area is 144 Å². The van der Waals surface area contributed by atoms with Crippen molar-refractivity contribution >= 4 is 15.9 Å². The molecule has 1 aliphatic heterocycles. The van der Waals surface area contributed by atoms with Crippen LogP contribution < -0.4 is 10.1 Å². The molecule has 1 N–H and O–H groups in total. The first kappa shape index (κ1) is 18.7. The van der Waals surface area contributed by atoms with Gasteiger partial charge < -0.3 is 10.1 Å². The van der Waals surface area contributed by atoms with Crippen LogP contribution in [0, 0.1) is 0 Å². The molecule has 1 atom stereocenters. The Kier molecular flexibility index (Phi) is 6.23. The number of benzene rings is 1. The molecular weight excluding hydrogens is 328 g/mol. The number of carbonyl (C=O) groups excluding carboxylic acids is 1. The standard InChI is InChI=1S/C17H26N2O4S/c1-13(2)18-17(20)14(3)23-15-7-9-16(10-8-15)24(21,22)19-11-5-4-6-12-19/h7-10,13-14H,4-6,11-12H2,1-3H3,(H,18,20)/t14-/m1/s1. The van der Waals surface area contributed by atoms with E-state index >= 15 is 0 Å². The predicted octanol–water partition coefficient (Wildman–Crippen LogP) is 2.15. The molecular formula is C17H26N2O4S. The third kappa shape index (κ3) is 4.70. The van der Waals surface area contributed by atoms with Gasteiger partial charge in [-0.15, -0.1) is 0 Å². The van der Waals surface area contributed by atoms with Gasteiger partial charge in [0, 0.05) is 19.1 Å². The molecule has 0 aromatic heterocycles. The van der Waals surface area contributed by atoms with Crippen LogP contribution in [0.3, 0.4) is 0 Å². The number of amides is 1. The van der Waals surface area contributed by atoms with Gasteiger partial charge in [0.2, 0.25) is 10.0 Å². The summed E-state index contributed by atoms with van der Waals surface area (Å²) in [6.07, 6.45) is 2.25. The van der Waals surface area contributed by atoms with Crippen molar-refractivity contribution in [1.29, 1.82) is 0 Å². The van der Waals surface area contributed by atoms with E-state index in [1.807, 2.05) is 13.8 Å². The van der Waals surface area contributed by atoms with Gasteiger partial charge in [0.1, 0.15) is 5.75 Å². The van der Waals surface area contributed by atoms with E-state index in [4.69, 9.17) is 4.74 Å².